The Bertz CT molecular complexity index is 633. The van der Waals surface area contributed by atoms with Crippen LogP contribution >= 0.6 is 0 Å². The maximum atomic E-state index is 11.2. The second kappa shape index (κ2) is 4.42. The molecule has 0 saturated carbocycles. The number of carboxylic acid groups (broad SMARTS) is 1. The molecule has 0 saturated heterocycles. The van der Waals surface area contributed by atoms with E-state index in [2.05, 4.69) is 22.1 Å². The molecular formula is C14H15N3O2. The average Bonchev–Trinajstić information content (AvgIpc) is 2.95. The molecule has 2 heterocycles. The number of hydrogen-bond acceptors (Lipinski definition) is 3. The highest BCUT2D eigenvalue weighted by Crippen LogP contribution is 2.29. The summed E-state index contributed by atoms with van der Waals surface area (Å²) in [6.07, 6.45) is 2.66. The van der Waals surface area contributed by atoms with Crippen LogP contribution in [0.5, 0.6) is 0 Å². The van der Waals surface area contributed by atoms with Crippen LogP contribution in [0.25, 0.3) is 0 Å². The standard InChI is InChI=1S/C14H15N3O2/c1-16-13(14(18)19)11(8-15-16)9-17-7-6-10-4-2-3-5-12(10)17/h2-5,8H,6-7,9H2,1H3,(H,18,19). The second-order valence-electron chi connectivity index (χ2n) is 4.75. The molecule has 1 aromatic carbocycles. The summed E-state index contributed by atoms with van der Waals surface area (Å²) in [6, 6.07) is 8.25. The SMILES string of the molecule is Cn1ncc(CN2CCc3ccccc32)c1C(=O)O. The van der Waals surface area contributed by atoms with Crippen LogP contribution in [-0.2, 0) is 20.0 Å². The van der Waals surface area contributed by atoms with Crippen molar-refractivity contribution in [3.05, 3.63) is 47.3 Å². The molecule has 5 nitrogen and oxygen atoms in total. The van der Waals surface area contributed by atoms with Crippen molar-refractivity contribution in [1.29, 1.82) is 0 Å². The number of benzene rings is 1. The fourth-order valence-electron chi connectivity index (χ4n) is 2.65. The number of aromatic nitrogens is 2. The molecule has 1 aromatic heterocycles. The number of fused-ring (bicyclic) bond motifs is 1. The molecule has 0 spiro atoms. The molecule has 0 radical (unpaired) electrons. The van der Waals surface area contributed by atoms with E-state index in [9.17, 15) is 9.90 Å². The topological polar surface area (TPSA) is 58.4 Å². The van der Waals surface area contributed by atoms with Crippen molar-refractivity contribution < 1.29 is 9.90 Å². The first kappa shape index (κ1) is 11.8. The van der Waals surface area contributed by atoms with Crippen molar-refractivity contribution >= 4 is 11.7 Å². The lowest BCUT2D eigenvalue weighted by molar-refractivity contribution is 0.0683. The van der Waals surface area contributed by atoms with Gasteiger partial charge in [-0.15, -0.1) is 0 Å². The van der Waals surface area contributed by atoms with Crippen LogP contribution in [0.15, 0.2) is 30.5 Å². The van der Waals surface area contributed by atoms with Gasteiger partial charge in [-0.25, -0.2) is 4.79 Å². The number of aryl methyl sites for hydroxylation is 1. The van der Waals surface area contributed by atoms with Crippen molar-refractivity contribution in [2.24, 2.45) is 7.05 Å². The highest BCUT2D eigenvalue weighted by molar-refractivity contribution is 5.87. The van der Waals surface area contributed by atoms with Crippen LogP contribution in [0.3, 0.4) is 0 Å². The number of para-hydroxylation sites is 1. The van der Waals surface area contributed by atoms with Gasteiger partial charge in [0.1, 0.15) is 0 Å². The second-order valence-corrected chi connectivity index (χ2v) is 4.75. The van der Waals surface area contributed by atoms with Crippen LogP contribution in [0.1, 0.15) is 21.6 Å². The molecule has 0 unspecified atom stereocenters. The smallest absolute Gasteiger partial charge is 0.354 e. The maximum absolute atomic E-state index is 11.2. The molecule has 1 aliphatic heterocycles. The van der Waals surface area contributed by atoms with Gasteiger partial charge in [0.15, 0.2) is 5.69 Å². The van der Waals surface area contributed by atoms with Crippen molar-refractivity contribution in [3.8, 4) is 0 Å². The van der Waals surface area contributed by atoms with E-state index in [1.165, 1.54) is 15.9 Å². The minimum Gasteiger partial charge on any atom is -0.477 e. The minimum atomic E-state index is -0.928. The van der Waals surface area contributed by atoms with Gasteiger partial charge >= 0.3 is 5.97 Å². The fraction of sp³-hybridized carbons (Fsp3) is 0.286. The van der Waals surface area contributed by atoms with Gasteiger partial charge in [0.05, 0.1) is 6.20 Å². The van der Waals surface area contributed by atoms with E-state index < -0.39 is 5.97 Å². The number of rotatable bonds is 3. The average molecular weight is 257 g/mol. The number of nitrogens with zero attached hydrogens (tertiary/aromatic N) is 3. The lowest BCUT2D eigenvalue weighted by Crippen LogP contribution is -2.21. The summed E-state index contributed by atoms with van der Waals surface area (Å²) in [5.41, 5.74) is 3.54. The quantitative estimate of drug-likeness (QED) is 0.909. The summed E-state index contributed by atoms with van der Waals surface area (Å²) in [5, 5.41) is 13.3. The molecule has 1 aliphatic rings. The highest BCUT2D eigenvalue weighted by atomic mass is 16.4. The molecule has 0 fully saturated rings. The molecule has 19 heavy (non-hydrogen) atoms. The predicted molar refractivity (Wildman–Crippen MR) is 71.4 cm³/mol. The lowest BCUT2D eigenvalue weighted by atomic mass is 10.2. The van der Waals surface area contributed by atoms with Crippen LogP contribution < -0.4 is 4.90 Å². The molecule has 98 valence electrons. The van der Waals surface area contributed by atoms with Gasteiger partial charge in [0.2, 0.25) is 0 Å². The molecule has 1 N–H and O–H groups in total. The third-order valence-corrected chi connectivity index (χ3v) is 3.56. The summed E-state index contributed by atoms with van der Waals surface area (Å²) < 4.78 is 1.42. The predicted octanol–water partition coefficient (Wildman–Crippen LogP) is 1.68. The zero-order chi connectivity index (χ0) is 13.4. The Labute approximate surface area is 111 Å². The molecule has 5 heteroatoms. The minimum absolute atomic E-state index is 0.268. The Hall–Kier alpha value is -2.30. The van der Waals surface area contributed by atoms with E-state index in [-0.39, 0.29) is 5.69 Å². The number of hydrogen-bond donors (Lipinski definition) is 1. The summed E-state index contributed by atoms with van der Waals surface area (Å²) in [7, 11) is 1.66. The van der Waals surface area contributed by atoms with Gasteiger partial charge in [-0.05, 0) is 18.1 Å². The van der Waals surface area contributed by atoms with E-state index in [0.717, 1.165) is 18.5 Å². The first-order valence-electron chi connectivity index (χ1n) is 6.24. The maximum Gasteiger partial charge on any atom is 0.354 e. The third kappa shape index (κ3) is 1.97. The number of anilines is 1. The van der Waals surface area contributed by atoms with Crippen molar-refractivity contribution in [2.45, 2.75) is 13.0 Å². The molecule has 0 bridgehead atoms. The first-order chi connectivity index (χ1) is 9.16. The summed E-state index contributed by atoms with van der Waals surface area (Å²) >= 11 is 0. The highest BCUT2D eigenvalue weighted by Gasteiger charge is 2.22. The van der Waals surface area contributed by atoms with Crippen LogP contribution in [0, 0.1) is 0 Å². The van der Waals surface area contributed by atoms with Gasteiger partial charge in [0, 0.05) is 31.4 Å². The normalized spacial score (nSPS) is 13.6. The number of aromatic carboxylic acids is 1. The van der Waals surface area contributed by atoms with E-state index in [4.69, 9.17) is 0 Å². The Morgan fingerprint density at radius 2 is 2.21 bits per heavy atom. The van der Waals surface area contributed by atoms with Crippen molar-refractivity contribution in [3.63, 3.8) is 0 Å². The van der Waals surface area contributed by atoms with Gasteiger partial charge < -0.3 is 10.0 Å². The van der Waals surface area contributed by atoms with Crippen LogP contribution in [-0.4, -0.2) is 27.4 Å². The largest absolute Gasteiger partial charge is 0.477 e. The van der Waals surface area contributed by atoms with Gasteiger partial charge in [-0.2, -0.15) is 5.10 Å². The fourth-order valence-corrected chi connectivity index (χ4v) is 2.65. The molecular weight excluding hydrogens is 242 g/mol. The van der Waals surface area contributed by atoms with Gasteiger partial charge in [0.25, 0.3) is 0 Å². The summed E-state index contributed by atoms with van der Waals surface area (Å²) in [6.45, 7) is 1.51. The molecule has 0 aliphatic carbocycles. The van der Waals surface area contributed by atoms with Crippen LogP contribution in [0.2, 0.25) is 0 Å². The summed E-state index contributed by atoms with van der Waals surface area (Å²) in [4.78, 5) is 13.5. The number of carboxylic acids is 1. The van der Waals surface area contributed by atoms with Crippen LogP contribution in [0.4, 0.5) is 5.69 Å². The zero-order valence-corrected chi connectivity index (χ0v) is 10.7. The Morgan fingerprint density at radius 3 is 3.00 bits per heavy atom. The first-order valence-corrected chi connectivity index (χ1v) is 6.24. The van der Waals surface area contributed by atoms with Gasteiger partial charge in [-0.1, -0.05) is 18.2 Å². The Balaban J connectivity index is 1.90. The molecule has 3 rings (SSSR count). The lowest BCUT2D eigenvalue weighted by Gasteiger charge is -2.18. The molecule has 2 aromatic rings. The van der Waals surface area contributed by atoms with Crippen molar-refractivity contribution in [2.75, 3.05) is 11.4 Å². The molecule has 0 amide bonds. The van der Waals surface area contributed by atoms with Gasteiger partial charge in [-0.3, -0.25) is 4.68 Å². The van der Waals surface area contributed by atoms with E-state index in [1.807, 2.05) is 12.1 Å². The molecule has 0 atom stereocenters. The zero-order valence-electron chi connectivity index (χ0n) is 10.7. The third-order valence-electron chi connectivity index (χ3n) is 3.56. The van der Waals surface area contributed by atoms with E-state index in [1.54, 1.807) is 13.2 Å². The monoisotopic (exact) mass is 257 g/mol. The van der Waals surface area contributed by atoms with E-state index in [0.29, 0.717) is 6.54 Å². The van der Waals surface area contributed by atoms with E-state index >= 15 is 0 Å². The Morgan fingerprint density at radius 1 is 1.42 bits per heavy atom. The van der Waals surface area contributed by atoms with Crippen molar-refractivity contribution in [1.82, 2.24) is 9.78 Å². The summed E-state index contributed by atoms with van der Waals surface area (Å²) in [5.74, 6) is -0.928. The number of carbonyl (C=O) groups is 1. The Kier molecular flexibility index (Phi) is 2.74.